The molecule has 0 aliphatic carbocycles. The van der Waals surface area contributed by atoms with Crippen molar-refractivity contribution >= 4 is 5.97 Å². The third kappa shape index (κ3) is 3.58. The van der Waals surface area contributed by atoms with Crippen molar-refractivity contribution in [1.82, 2.24) is 0 Å². The van der Waals surface area contributed by atoms with Crippen LogP contribution in [0.4, 0.5) is 0 Å². The minimum Gasteiger partial charge on any atom is -0.433 e. The van der Waals surface area contributed by atoms with E-state index in [9.17, 15) is 9.90 Å². The highest BCUT2D eigenvalue weighted by atomic mass is 16.6. The van der Waals surface area contributed by atoms with Gasteiger partial charge in [0.05, 0.1) is 0 Å². The van der Waals surface area contributed by atoms with Crippen molar-refractivity contribution in [1.29, 1.82) is 0 Å². The zero-order valence-electron chi connectivity index (χ0n) is 8.03. The summed E-state index contributed by atoms with van der Waals surface area (Å²) in [4.78, 5) is 10.5. The second-order valence-electron chi connectivity index (χ2n) is 3.06. The van der Waals surface area contributed by atoms with Gasteiger partial charge in [-0.25, -0.2) is 0 Å². The summed E-state index contributed by atoms with van der Waals surface area (Å²) in [6.07, 6.45) is -1.14. The molecule has 0 saturated carbocycles. The molecule has 0 saturated heterocycles. The summed E-state index contributed by atoms with van der Waals surface area (Å²) in [5.74, 6) is -0.546. The van der Waals surface area contributed by atoms with E-state index in [4.69, 9.17) is 0 Å². The van der Waals surface area contributed by atoms with Gasteiger partial charge in [0.15, 0.2) is 0 Å². The molecule has 1 rings (SSSR count). The molecule has 1 aromatic rings. The Bertz CT molecular complexity index is 320. The number of benzene rings is 1. The van der Waals surface area contributed by atoms with Crippen molar-refractivity contribution < 1.29 is 14.6 Å². The first-order valence-electron chi connectivity index (χ1n) is 4.32. The van der Waals surface area contributed by atoms with Crippen molar-refractivity contribution in [3.63, 3.8) is 0 Å². The molecule has 0 bridgehead atoms. The van der Waals surface area contributed by atoms with Crippen LogP contribution in [0.5, 0.6) is 0 Å². The van der Waals surface area contributed by atoms with Gasteiger partial charge in [-0.15, -0.1) is 0 Å². The van der Waals surface area contributed by atoms with Crippen LogP contribution in [-0.4, -0.2) is 12.3 Å². The number of carbonyl (C=O) groups excluding carboxylic acids is 1. The molecular formula is C11H12O3. The highest BCUT2D eigenvalue weighted by Gasteiger charge is 2.09. The largest absolute Gasteiger partial charge is 0.433 e. The van der Waals surface area contributed by atoms with Gasteiger partial charge < -0.3 is 4.74 Å². The molecule has 0 N–H and O–H groups in total. The molecule has 0 heterocycles. The monoisotopic (exact) mass is 192 g/mol. The molecular weight excluding hydrogens is 180 g/mol. The Morgan fingerprint density at radius 2 is 2.29 bits per heavy atom. The van der Waals surface area contributed by atoms with Crippen LogP contribution < -0.4 is 0 Å². The van der Waals surface area contributed by atoms with Gasteiger partial charge in [0.25, 0.3) is 0 Å². The van der Waals surface area contributed by atoms with Crippen LogP contribution in [0.3, 0.4) is 0 Å². The van der Waals surface area contributed by atoms with Crippen molar-refractivity contribution in [2.75, 3.05) is 0 Å². The van der Waals surface area contributed by atoms with Gasteiger partial charge in [0.1, 0.15) is 0 Å². The molecule has 74 valence electrons. The van der Waals surface area contributed by atoms with E-state index in [0.717, 1.165) is 11.1 Å². The standard InChI is InChI=1S/C11H12O3/c1-8-4-3-5-10(6-8)7-11(13)14-9(2)12/h3-6,11H,1,7H2,2H3. The first kappa shape index (κ1) is 10.7. The predicted molar refractivity (Wildman–Crippen MR) is 50.8 cm³/mol. The highest BCUT2D eigenvalue weighted by molar-refractivity contribution is 5.66. The Balaban J connectivity index is 2.55. The Hall–Kier alpha value is -1.35. The molecule has 2 radical (unpaired) electrons. The zero-order chi connectivity index (χ0) is 10.6. The summed E-state index contributed by atoms with van der Waals surface area (Å²) in [7, 11) is 0. The molecule has 0 fully saturated rings. The fraction of sp³-hybridized carbons (Fsp3) is 0.273. The van der Waals surface area contributed by atoms with Crippen molar-refractivity contribution in [3.8, 4) is 0 Å². The van der Waals surface area contributed by atoms with Crippen molar-refractivity contribution in [2.24, 2.45) is 0 Å². The van der Waals surface area contributed by atoms with Gasteiger partial charge >= 0.3 is 5.97 Å². The first-order chi connectivity index (χ1) is 6.58. The average molecular weight is 192 g/mol. The molecule has 1 aromatic carbocycles. The Morgan fingerprint density at radius 1 is 1.57 bits per heavy atom. The van der Waals surface area contributed by atoms with E-state index in [1.165, 1.54) is 6.92 Å². The number of hydrogen-bond donors (Lipinski definition) is 0. The maximum Gasteiger partial charge on any atom is 0.305 e. The van der Waals surface area contributed by atoms with Crippen LogP contribution in [-0.2, 0) is 21.1 Å². The normalized spacial score (nSPS) is 12.2. The molecule has 0 amide bonds. The van der Waals surface area contributed by atoms with Crippen LogP contribution in [0, 0.1) is 6.92 Å². The van der Waals surface area contributed by atoms with E-state index in [2.05, 4.69) is 11.7 Å². The lowest BCUT2D eigenvalue weighted by atomic mass is 10.1. The van der Waals surface area contributed by atoms with E-state index in [1.807, 2.05) is 18.2 Å². The van der Waals surface area contributed by atoms with E-state index in [0.29, 0.717) is 0 Å². The Labute approximate surface area is 83.3 Å². The summed E-state index contributed by atoms with van der Waals surface area (Å²) in [5, 5.41) is 11.2. The van der Waals surface area contributed by atoms with Gasteiger partial charge in [-0.2, -0.15) is 5.11 Å². The second kappa shape index (κ2) is 4.77. The van der Waals surface area contributed by atoms with Crippen LogP contribution in [0.15, 0.2) is 24.3 Å². The second-order valence-corrected chi connectivity index (χ2v) is 3.06. The van der Waals surface area contributed by atoms with E-state index >= 15 is 0 Å². The highest BCUT2D eigenvalue weighted by Crippen LogP contribution is 2.07. The molecule has 0 aliphatic heterocycles. The number of hydrogen-bond acceptors (Lipinski definition) is 2. The van der Waals surface area contributed by atoms with E-state index in [-0.39, 0.29) is 6.42 Å². The van der Waals surface area contributed by atoms with E-state index < -0.39 is 12.3 Å². The Kier molecular flexibility index (Phi) is 3.65. The predicted octanol–water partition coefficient (Wildman–Crippen LogP) is 1.73. The quantitative estimate of drug-likeness (QED) is 0.540. The lowest BCUT2D eigenvalue weighted by Gasteiger charge is -2.08. The van der Waals surface area contributed by atoms with Gasteiger partial charge in [-0.05, 0) is 18.1 Å². The van der Waals surface area contributed by atoms with E-state index in [1.54, 1.807) is 6.07 Å². The topological polar surface area (TPSA) is 46.2 Å². The summed E-state index contributed by atoms with van der Waals surface area (Å²) in [5.41, 5.74) is 1.68. The van der Waals surface area contributed by atoms with Crippen LogP contribution in [0.2, 0.25) is 0 Å². The van der Waals surface area contributed by atoms with Gasteiger partial charge in [-0.3, -0.25) is 4.79 Å². The number of carbonyl (C=O) groups is 1. The minimum absolute atomic E-state index is 0.183. The maximum absolute atomic E-state index is 11.2. The summed E-state index contributed by atoms with van der Waals surface area (Å²) in [6, 6.07) is 7.27. The van der Waals surface area contributed by atoms with Gasteiger partial charge in [0, 0.05) is 13.3 Å². The lowest BCUT2D eigenvalue weighted by Crippen LogP contribution is -2.16. The van der Waals surface area contributed by atoms with Crippen molar-refractivity contribution in [3.05, 3.63) is 42.3 Å². The van der Waals surface area contributed by atoms with Crippen LogP contribution >= 0.6 is 0 Å². The minimum atomic E-state index is -1.32. The molecule has 0 aromatic heterocycles. The third-order valence-electron chi connectivity index (χ3n) is 1.69. The fourth-order valence-corrected chi connectivity index (χ4v) is 1.18. The molecule has 0 spiro atoms. The average Bonchev–Trinajstić information content (AvgIpc) is 2.01. The molecule has 3 heteroatoms. The third-order valence-corrected chi connectivity index (χ3v) is 1.69. The van der Waals surface area contributed by atoms with Crippen molar-refractivity contribution in [2.45, 2.75) is 19.6 Å². The lowest BCUT2D eigenvalue weighted by molar-refractivity contribution is -0.175. The smallest absolute Gasteiger partial charge is 0.305 e. The molecule has 0 aliphatic rings. The number of ether oxygens (including phenoxy) is 1. The summed E-state index contributed by atoms with van der Waals surface area (Å²) in [6.45, 7) is 4.96. The van der Waals surface area contributed by atoms with Gasteiger partial charge in [0.2, 0.25) is 6.29 Å². The SMILES string of the molecule is [CH2]c1cccc(CC([O])OC(C)=O)c1. The number of rotatable bonds is 3. The number of esters is 1. The van der Waals surface area contributed by atoms with Crippen LogP contribution in [0.25, 0.3) is 0 Å². The van der Waals surface area contributed by atoms with Gasteiger partial charge in [-0.1, -0.05) is 24.3 Å². The molecule has 1 unspecified atom stereocenters. The fourth-order valence-electron chi connectivity index (χ4n) is 1.18. The molecule has 1 atom stereocenters. The zero-order valence-corrected chi connectivity index (χ0v) is 8.03. The molecule has 3 nitrogen and oxygen atoms in total. The van der Waals surface area contributed by atoms with Crippen LogP contribution in [0.1, 0.15) is 18.1 Å². The molecule has 14 heavy (non-hydrogen) atoms. The summed E-state index contributed by atoms with van der Waals surface area (Å²) >= 11 is 0. The first-order valence-corrected chi connectivity index (χ1v) is 4.32. The Morgan fingerprint density at radius 3 is 2.86 bits per heavy atom. The maximum atomic E-state index is 11.2. The summed E-state index contributed by atoms with van der Waals surface area (Å²) < 4.78 is 4.48.